The van der Waals surface area contributed by atoms with E-state index in [1.807, 2.05) is 55.5 Å². The second-order valence-corrected chi connectivity index (χ2v) is 9.77. The molecular weight excluding hydrogens is 512 g/mol. The van der Waals surface area contributed by atoms with Crippen molar-refractivity contribution in [3.05, 3.63) is 65.2 Å². The molecule has 0 radical (unpaired) electrons. The number of nitrogens with one attached hydrogen (secondary N) is 3. The van der Waals surface area contributed by atoms with Crippen LogP contribution in [0.2, 0.25) is 0 Å². The summed E-state index contributed by atoms with van der Waals surface area (Å²) in [5, 5.41) is 17.2. The largest absolute Gasteiger partial charge is 0.494 e. The minimum Gasteiger partial charge on any atom is -0.494 e. The highest BCUT2D eigenvalue weighted by Gasteiger charge is 2.26. The Morgan fingerprint density at radius 2 is 1.65 bits per heavy atom. The lowest BCUT2D eigenvalue weighted by Crippen LogP contribution is -2.53. The van der Waals surface area contributed by atoms with E-state index in [4.69, 9.17) is 15.6 Å². The second kappa shape index (κ2) is 17.6. The van der Waals surface area contributed by atoms with Gasteiger partial charge in [0.25, 0.3) is 0 Å². The van der Waals surface area contributed by atoms with E-state index in [0.717, 1.165) is 29.5 Å². The molecule has 0 aliphatic rings. The van der Waals surface area contributed by atoms with Gasteiger partial charge in [-0.1, -0.05) is 36.4 Å². The maximum Gasteiger partial charge on any atom is 0.303 e. The molecule has 0 saturated carbocycles. The van der Waals surface area contributed by atoms with E-state index < -0.39 is 29.9 Å². The molecule has 10 nitrogen and oxygen atoms in total. The highest BCUT2D eigenvalue weighted by atomic mass is 16.5. The van der Waals surface area contributed by atoms with Crippen LogP contribution in [-0.2, 0) is 32.1 Å². The number of hydrogen-bond acceptors (Lipinski definition) is 6. The number of amides is 3. The Hall–Kier alpha value is -3.92. The average Bonchev–Trinajstić information content (AvgIpc) is 2.92. The Balaban J connectivity index is 2.11. The Morgan fingerprint density at radius 1 is 0.925 bits per heavy atom. The molecule has 2 atom stereocenters. The van der Waals surface area contributed by atoms with Gasteiger partial charge in [0.2, 0.25) is 17.7 Å². The zero-order valence-corrected chi connectivity index (χ0v) is 23.4. The van der Waals surface area contributed by atoms with Gasteiger partial charge >= 0.3 is 5.97 Å². The summed E-state index contributed by atoms with van der Waals surface area (Å²) in [6, 6.07) is 13.5. The number of carboxylic acids is 1. The lowest BCUT2D eigenvalue weighted by molar-refractivity contribution is -0.137. The molecule has 0 unspecified atom stereocenters. The second-order valence-electron chi connectivity index (χ2n) is 9.77. The van der Waals surface area contributed by atoms with E-state index in [2.05, 4.69) is 16.0 Å². The van der Waals surface area contributed by atoms with Gasteiger partial charge in [0.15, 0.2) is 0 Å². The van der Waals surface area contributed by atoms with Gasteiger partial charge in [-0.05, 0) is 80.8 Å². The molecule has 0 saturated heterocycles. The lowest BCUT2D eigenvalue weighted by atomic mass is 10.0. The van der Waals surface area contributed by atoms with Crippen LogP contribution in [0.3, 0.4) is 0 Å². The van der Waals surface area contributed by atoms with E-state index >= 15 is 0 Å². The van der Waals surface area contributed by atoms with Crippen LogP contribution < -0.4 is 26.4 Å². The molecule has 0 bridgehead atoms. The summed E-state index contributed by atoms with van der Waals surface area (Å²) in [5.41, 5.74) is 8.44. The fraction of sp³-hybridized carbons (Fsp3) is 0.467. The van der Waals surface area contributed by atoms with Gasteiger partial charge in [0.05, 0.1) is 6.61 Å². The molecule has 2 aromatic carbocycles. The summed E-state index contributed by atoms with van der Waals surface area (Å²) >= 11 is 0. The molecule has 2 rings (SSSR count). The van der Waals surface area contributed by atoms with Gasteiger partial charge in [-0.2, -0.15) is 0 Å². The molecule has 218 valence electrons. The Bertz CT molecular complexity index is 1110. The lowest BCUT2D eigenvalue weighted by Gasteiger charge is -2.23. The molecule has 0 heterocycles. The first-order chi connectivity index (χ1) is 19.2. The molecular formula is C30H42N4O6. The molecule has 0 aliphatic heterocycles. The number of carbonyl (C=O) groups is 4. The van der Waals surface area contributed by atoms with Crippen molar-refractivity contribution in [2.24, 2.45) is 5.73 Å². The zero-order valence-electron chi connectivity index (χ0n) is 23.4. The van der Waals surface area contributed by atoms with Crippen molar-refractivity contribution in [1.82, 2.24) is 16.0 Å². The maximum absolute atomic E-state index is 13.3. The van der Waals surface area contributed by atoms with Crippen LogP contribution in [-0.4, -0.2) is 54.0 Å². The van der Waals surface area contributed by atoms with Crippen LogP contribution in [0.4, 0.5) is 0 Å². The molecule has 6 N–H and O–H groups in total. The fourth-order valence-corrected chi connectivity index (χ4v) is 4.14. The topological polar surface area (TPSA) is 160 Å². The van der Waals surface area contributed by atoms with E-state index in [1.54, 1.807) is 0 Å². The summed E-state index contributed by atoms with van der Waals surface area (Å²) < 4.78 is 5.81. The van der Waals surface area contributed by atoms with E-state index in [1.165, 1.54) is 6.92 Å². The first-order valence-corrected chi connectivity index (χ1v) is 13.7. The molecule has 40 heavy (non-hydrogen) atoms. The van der Waals surface area contributed by atoms with Crippen molar-refractivity contribution in [2.45, 2.75) is 77.4 Å². The molecule has 0 aliphatic carbocycles. The number of carboxylic acid groups (broad SMARTS) is 1. The molecule has 0 spiro atoms. The standard InChI is InChI=1S/C30H42N4O6/c1-21-13-15-25(40-18-7-6-17-31)19-24(21)20-32-29(38)27(16-14-23-9-4-3-5-10-23)34-30(39)26(33-22(2)35)11-8-12-28(36)37/h3-5,9-10,13,15,19,26-27H,6-8,11-12,14,16-18,20,31H2,1-2H3,(H,32,38)(H,33,35)(H,34,39)(H,36,37)/t26-,27-/m0/s1. The number of unbranched alkanes of at least 4 members (excludes halogenated alkanes) is 1. The number of nitrogens with two attached hydrogens (primary N) is 1. The van der Waals surface area contributed by atoms with Crippen LogP contribution in [0.5, 0.6) is 5.75 Å². The van der Waals surface area contributed by atoms with Crippen LogP contribution >= 0.6 is 0 Å². The number of ether oxygens (including phenoxy) is 1. The van der Waals surface area contributed by atoms with Crippen molar-refractivity contribution in [1.29, 1.82) is 0 Å². The number of aliphatic carboxylic acids is 1. The van der Waals surface area contributed by atoms with Gasteiger partial charge in [-0.15, -0.1) is 0 Å². The summed E-state index contributed by atoms with van der Waals surface area (Å²) in [6.07, 6.45) is 2.85. The molecule has 2 aromatic rings. The first kappa shape index (κ1) is 32.3. The van der Waals surface area contributed by atoms with Crippen LogP contribution in [0.1, 0.15) is 62.1 Å². The number of hydrogen-bond donors (Lipinski definition) is 5. The highest BCUT2D eigenvalue weighted by Crippen LogP contribution is 2.18. The van der Waals surface area contributed by atoms with Crippen molar-refractivity contribution < 1.29 is 29.0 Å². The number of carbonyl (C=O) groups excluding carboxylic acids is 3. The summed E-state index contributed by atoms with van der Waals surface area (Å²) in [4.78, 5) is 49.1. The molecule has 0 fully saturated rings. The van der Waals surface area contributed by atoms with Gasteiger partial charge in [0.1, 0.15) is 17.8 Å². The van der Waals surface area contributed by atoms with Crippen molar-refractivity contribution in [3.8, 4) is 5.75 Å². The normalized spacial score (nSPS) is 12.2. The third kappa shape index (κ3) is 12.3. The maximum atomic E-state index is 13.3. The fourth-order valence-electron chi connectivity index (χ4n) is 4.14. The third-order valence-electron chi connectivity index (χ3n) is 6.42. The van der Waals surface area contributed by atoms with Crippen LogP contribution in [0.25, 0.3) is 0 Å². The first-order valence-electron chi connectivity index (χ1n) is 13.7. The minimum absolute atomic E-state index is 0.129. The SMILES string of the molecule is CC(=O)N[C@@H](CCCC(=O)O)C(=O)N[C@@H](CCc1ccccc1)C(=O)NCc1cc(OCCCCN)ccc1C. The summed E-state index contributed by atoms with van der Waals surface area (Å²) in [7, 11) is 0. The number of aryl methyl sites for hydroxylation is 2. The summed E-state index contributed by atoms with van der Waals surface area (Å²) in [6.45, 7) is 4.65. The Labute approximate surface area is 236 Å². The van der Waals surface area contributed by atoms with Gasteiger partial charge in [0, 0.05) is 19.9 Å². The van der Waals surface area contributed by atoms with E-state index in [-0.39, 0.29) is 31.7 Å². The predicted molar refractivity (Wildman–Crippen MR) is 153 cm³/mol. The minimum atomic E-state index is -0.984. The van der Waals surface area contributed by atoms with Crippen molar-refractivity contribution in [2.75, 3.05) is 13.2 Å². The van der Waals surface area contributed by atoms with E-state index in [0.29, 0.717) is 31.7 Å². The zero-order chi connectivity index (χ0) is 29.3. The smallest absolute Gasteiger partial charge is 0.303 e. The van der Waals surface area contributed by atoms with Crippen molar-refractivity contribution in [3.63, 3.8) is 0 Å². The summed E-state index contributed by atoms with van der Waals surface area (Å²) in [5.74, 6) is -1.58. The highest BCUT2D eigenvalue weighted by molar-refractivity contribution is 5.91. The molecule has 0 aromatic heterocycles. The number of benzene rings is 2. The van der Waals surface area contributed by atoms with Crippen molar-refractivity contribution >= 4 is 23.7 Å². The third-order valence-corrected chi connectivity index (χ3v) is 6.42. The Kier molecular flexibility index (Phi) is 14.2. The van der Waals surface area contributed by atoms with Gasteiger partial charge in [-0.3, -0.25) is 19.2 Å². The quantitative estimate of drug-likeness (QED) is 0.177. The van der Waals surface area contributed by atoms with Crippen LogP contribution in [0.15, 0.2) is 48.5 Å². The van der Waals surface area contributed by atoms with Gasteiger partial charge < -0.3 is 31.5 Å². The van der Waals surface area contributed by atoms with E-state index in [9.17, 15) is 19.2 Å². The Morgan fingerprint density at radius 3 is 2.33 bits per heavy atom. The average molecular weight is 555 g/mol. The molecule has 3 amide bonds. The number of rotatable bonds is 18. The predicted octanol–water partition coefficient (Wildman–Crippen LogP) is 2.61. The molecule has 10 heteroatoms. The van der Waals surface area contributed by atoms with Crippen LogP contribution in [0, 0.1) is 6.92 Å². The van der Waals surface area contributed by atoms with Gasteiger partial charge in [-0.25, -0.2) is 0 Å². The monoisotopic (exact) mass is 554 g/mol.